The van der Waals surface area contributed by atoms with Gasteiger partial charge in [-0.05, 0) is 31.5 Å². The van der Waals surface area contributed by atoms with E-state index >= 15 is 0 Å². The predicted molar refractivity (Wildman–Crippen MR) is 84.5 cm³/mol. The molecule has 2 aromatic rings. The first-order valence-electron chi connectivity index (χ1n) is 6.83. The Morgan fingerprint density at radius 2 is 1.86 bits per heavy atom. The molecule has 4 heteroatoms. The lowest BCUT2D eigenvalue weighted by atomic mass is 10.1. The van der Waals surface area contributed by atoms with Crippen molar-refractivity contribution in [1.29, 1.82) is 0 Å². The van der Waals surface area contributed by atoms with Gasteiger partial charge in [0.1, 0.15) is 11.3 Å². The molecule has 110 valence electrons. The van der Waals surface area contributed by atoms with Gasteiger partial charge in [0.2, 0.25) is 0 Å². The van der Waals surface area contributed by atoms with Gasteiger partial charge in [-0.1, -0.05) is 35.9 Å². The summed E-state index contributed by atoms with van der Waals surface area (Å²) >= 11 is 0. The van der Waals surface area contributed by atoms with Crippen molar-refractivity contribution in [2.24, 2.45) is 0 Å². The fourth-order valence-electron chi connectivity index (χ4n) is 2.17. The highest BCUT2D eigenvalue weighted by Crippen LogP contribution is 2.25. The number of ether oxygens (including phenoxy) is 1. The van der Waals surface area contributed by atoms with Gasteiger partial charge in [-0.2, -0.15) is 0 Å². The largest absolute Gasteiger partial charge is 0.496 e. The van der Waals surface area contributed by atoms with Crippen molar-refractivity contribution in [1.82, 2.24) is 5.32 Å². The molecule has 0 spiro atoms. The van der Waals surface area contributed by atoms with Gasteiger partial charge in [-0.3, -0.25) is 4.79 Å². The fraction of sp³-hybridized carbons (Fsp3) is 0.235. The summed E-state index contributed by atoms with van der Waals surface area (Å²) in [6, 6.07) is 13.1. The van der Waals surface area contributed by atoms with E-state index < -0.39 is 0 Å². The van der Waals surface area contributed by atoms with Crippen molar-refractivity contribution in [2.45, 2.75) is 19.9 Å². The lowest BCUT2D eigenvalue weighted by molar-refractivity contribution is 0.0938. The number of nitrogen functional groups attached to an aromatic ring is 1. The molecule has 0 bridgehead atoms. The smallest absolute Gasteiger partial charge is 0.257 e. The molecule has 21 heavy (non-hydrogen) atoms. The molecule has 3 N–H and O–H groups in total. The number of amides is 1. The Morgan fingerprint density at radius 3 is 2.48 bits per heavy atom. The Labute approximate surface area is 124 Å². The SMILES string of the molecule is COc1cccc(N)c1C(=O)NC(C)c1ccc(C)cc1. The van der Waals surface area contributed by atoms with Gasteiger partial charge in [0.15, 0.2) is 0 Å². The molecule has 0 aliphatic heterocycles. The molecule has 0 aliphatic carbocycles. The van der Waals surface area contributed by atoms with Crippen LogP contribution in [0.2, 0.25) is 0 Å². The molecule has 0 saturated heterocycles. The predicted octanol–water partition coefficient (Wildman–Crippen LogP) is 3.08. The van der Waals surface area contributed by atoms with Crippen molar-refractivity contribution in [3.63, 3.8) is 0 Å². The highest BCUT2D eigenvalue weighted by molar-refractivity contribution is 6.02. The third-order valence-corrected chi connectivity index (χ3v) is 3.43. The first-order chi connectivity index (χ1) is 10.0. The summed E-state index contributed by atoms with van der Waals surface area (Å²) < 4.78 is 5.21. The zero-order valence-corrected chi connectivity index (χ0v) is 12.5. The van der Waals surface area contributed by atoms with Crippen LogP contribution >= 0.6 is 0 Å². The van der Waals surface area contributed by atoms with E-state index in [0.29, 0.717) is 17.0 Å². The summed E-state index contributed by atoms with van der Waals surface area (Å²) in [5.41, 5.74) is 8.90. The molecule has 1 amide bonds. The highest BCUT2D eigenvalue weighted by Gasteiger charge is 2.18. The van der Waals surface area contributed by atoms with Crippen LogP contribution in [-0.4, -0.2) is 13.0 Å². The minimum atomic E-state index is -0.238. The standard InChI is InChI=1S/C17H20N2O2/c1-11-7-9-13(10-8-11)12(2)19-17(20)16-14(18)5-4-6-15(16)21-3/h4-10,12H,18H2,1-3H3,(H,19,20). The Hall–Kier alpha value is -2.49. The number of benzene rings is 2. The number of carbonyl (C=O) groups is 1. The molecule has 0 aliphatic rings. The van der Waals surface area contributed by atoms with Crippen LogP contribution in [0.25, 0.3) is 0 Å². The van der Waals surface area contributed by atoms with Gasteiger partial charge in [-0.25, -0.2) is 0 Å². The maximum absolute atomic E-state index is 12.4. The number of nitrogens with two attached hydrogens (primary N) is 1. The van der Waals surface area contributed by atoms with Crippen molar-refractivity contribution in [3.05, 3.63) is 59.2 Å². The maximum Gasteiger partial charge on any atom is 0.257 e. The molecule has 1 unspecified atom stereocenters. The first kappa shape index (κ1) is 14.9. The third kappa shape index (κ3) is 3.34. The Bertz CT molecular complexity index is 636. The van der Waals surface area contributed by atoms with E-state index in [9.17, 15) is 4.79 Å². The van der Waals surface area contributed by atoms with Crippen molar-refractivity contribution in [3.8, 4) is 5.75 Å². The Balaban J connectivity index is 2.20. The molecule has 2 rings (SSSR count). The number of carbonyl (C=O) groups excluding carboxylic acids is 1. The zero-order chi connectivity index (χ0) is 15.4. The molecule has 0 radical (unpaired) electrons. The molecule has 0 saturated carbocycles. The molecule has 4 nitrogen and oxygen atoms in total. The first-order valence-corrected chi connectivity index (χ1v) is 6.83. The molecule has 0 heterocycles. The minimum Gasteiger partial charge on any atom is -0.496 e. The topological polar surface area (TPSA) is 64.3 Å². The van der Waals surface area contributed by atoms with E-state index in [1.54, 1.807) is 18.2 Å². The van der Waals surface area contributed by atoms with Crippen molar-refractivity contribution >= 4 is 11.6 Å². The molecular weight excluding hydrogens is 264 g/mol. The number of hydrogen-bond donors (Lipinski definition) is 2. The van der Waals surface area contributed by atoms with Gasteiger partial charge in [0.05, 0.1) is 13.2 Å². The van der Waals surface area contributed by atoms with Gasteiger partial charge in [0.25, 0.3) is 5.91 Å². The second kappa shape index (κ2) is 6.31. The van der Waals surface area contributed by atoms with Crippen LogP contribution in [0.1, 0.15) is 34.5 Å². The number of hydrogen-bond acceptors (Lipinski definition) is 3. The summed E-state index contributed by atoms with van der Waals surface area (Å²) in [4.78, 5) is 12.4. The maximum atomic E-state index is 12.4. The van der Waals surface area contributed by atoms with Gasteiger partial charge < -0.3 is 15.8 Å². The van der Waals surface area contributed by atoms with E-state index in [1.165, 1.54) is 12.7 Å². The summed E-state index contributed by atoms with van der Waals surface area (Å²) in [5.74, 6) is 0.238. The molecule has 0 fully saturated rings. The molecule has 1 atom stereocenters. The minimum absolute atomic E-state index is 0.109. The van der Waals surface area contributed by atoms with Crippen LogP contribution in [0.15, 0.2) is 42.5 Å². The number of nitrogens with one attached hydrogen (secondary N) is 1. The summed E-state index contributed by atoms with van der Waals surface area (Å²) in [5, 5.41) is 2.95. The van der Waals surface area contributed by atoms with Gasteiger partial charge in [-0.15, -0.1) is 0 Å². The highest BCUT2D eigenvalue weighted by atomic mass is 16.5. The van der Waals surface area contributed by atoms with E-state index in [1.807, 2.05) is 38.1 Å². The van der Waals surface area contributed by atoms with E-state index in [0.717, 1.165) is 5.56 Å². The van der Waals surface area contributed by atoms with Gasteiger partial charge in [0, 0.05) is 5.69 Å². The fourth-order valence-corrected chi connectivity index (χ4v) is 2.17. The summed E-state index contributed by atoms with van der Waals surface area (Å²) in [6.07, 6.45) is 0. The van der Waals surface area contributed by atoms with Crippen molar-refractivity contribution < 1.29 is 9.53 Å². The monoisotopic (exact) mass is 284 g/mol. The average Bonchev–Trinajstić information content (AvgIpc) is 2.47. The second-order valence-electron chi connectivity index (χ2n) is 5.03. The van der Waals surface area contributed by atoms with E-state index in [4.69, 9.17) is 10.5 Å². The normalized spacial score (nSPS) is 11.8. The van der Waals surface area contributed by atoms with Crippen LogP contribution < -0.4 is 15.8 Å². The number of methoxy groups -OCH3 is 1. The van der Waals surface area contributed by atoms with Crippen LogP contribution in [0, 0.1) is 6.92 Å². The molecular formula is C17H20N2O2. The number of rotatable bonds is 4. The van der Waals surface area contributed by atoms with Crippen molar-refractivity contribution in [2.75, 3.05) is 12.8 Å². The zero-order valence-electron chi connectivity index (χ0n) is 12.5. The molecule has 0 aromatic heterocycles. The van der Waals surface area contributed by atoms with Gasteiger partial charge >= 0.3 is 0 Å². The number of aryl methyl sites for hydroxylation is 1. The van der Waals surface area contributed by atoms with E-state index in [2.05, 4.69) is 5.32 Å². The summed E-state index contributed by atoms with van der Waals surface area (Å²) in [6.45, 7) is 3.97. The number of anilines is 1. The Kier molecular flexibility index (Phi) is 4.48. The van der Waals surface area contributed by atoms with Crippen LogP contribution in [0.4, 0.5) is 5.69 Å². The summed E-state index contributed by atoms with van der Waals surface area (Å²) in [7, 11) is 1.52. The van der Waals surface area contributed by atoms with Crippen LogP contribution in [0.5, 0.6) is 5.75 Å². The molecule has 2 aromatic carbocycles. The lowest BCUT2D eigenvalue weighted by Crippen LogP contribution is -2.27. The average molecular weight is 284 g/mol. The van der Waals surface area contributed by atoms with E-state index in [-0.39, 0.29) is 11.9 Å². The lowest BCUT2D eigenvalue weighted by Gasteiger charge is -2.17. The van der Waals surface area contributed by atoms with Crippen LogP contribution in [-0.2, 0) is 0 Å². The third-order valence-electron chi connectivity index (χ3n) is 3.43. The second-order valence-corrected chi connectivity index (χ2v) is 5.03. The quantitative estimate of drug-likeness (QED) is 0.848. The Morgan fingerprint density at radius 1 is 1.19 bits per heavy atom. The van der Waals surface area contributed by atoms with Crippen LogP contribution in [0.3, 0.4) is 0 Å².